The smallest absolute Gasteiger partial charge is 0.342 e. The van der Waals surface area contributed by atoms with E-state index >= 15 is 0 Å². The number of anilines is 1. The summed E-state index contributed by atoms with van der Waals surface area (Å²) in [6, 6.07) is 1.43. The highest BCUT2D eigenvalue weighted by Gasteiger charge is 2.66. The zero-order valence-corrected chi connectivity index (χ0v) is 22.0. The normalized spacial score (nSPS) is 28.8. The summed E-state index contributed by atoms with van der Waals surface area (Å²) < 4.78 is 5.35. The number of rotatable bonds is 4. The second kappa shape index (κ2) is 9.00. The first-order chi connectivity index (χ1) is 17.5. The van der Waals surface area contributed by atoms with Gasteiger partial charge in [-0.2, -0.15) is 0 Å². The minimum absolute atomic E-state index is 0.00987. The predicted octanol–water partition coefficient (Wildman–Crippen LogP) is 0.596. The molecule has 4 N–H and O–H groups in total. The van der Waals surface area contributed by atoms with Gasteiger partial charge in [0.15, 0.2) is 34.7 Å². The van der Waals surface area contributed by atoms with E-state index in [-0.39, 0.29) is 36.0 Å². The number of Topliss-reactive ketones (excluding diaryl/α,β-unsaturated/α-hetero) is 4. The van der Waals surface area contributed by atoms with Crippen LogP contribution in [0.3, 0.4) is 0 Å². The van der Waals surface area contributed by atoms with Crippen LogP contribution in [0.2, 0.25) is 0 Å². The number of carbonyl (C=O) groups is 6. The highest BCUT2D eigenvalue weighted by Crippen LogP contribution is 2.51. The van der Waals surface area contributed by atoms with Crippen LogP contribution in [0.4, 0.5) is 5.69 Å². The van der Waals surface area contributed by atoms with Crippen molar-refractivity contribution >= 4 is 40.7 Å². The van der Waals surface area contributed by atoms with Crippen molar-refractivity contribution in [2.24, 2.45) is 34.8 Å². The van der Waals surface area contributed by atoms with Gasteiger partial charge < -0.3 is 25.6 Å². The quantitative estimate of drug-likeness (QED) is 0.370. The summed E-state index contributed by atoms with van der Waals surface area (Å²) in [6.07, 6.45) is -0.301. The van der Waals surface area contributed by atoms with Gasteiger partial charge in [0.25, 0.3) is 0 Å². The van der Waals surface area contributed by atoms with Gasteiger partial charge in [-0.25, -0.2) is 4.79 Å². The fraction of sp³-hybridized carbons (Fsp3) is 0.556. The number of hydrogen-bond acceptors (Lipinski definition) is 10. The molecule has 11 heteroatoms. The highest BCUT2D eigenvalue weighted by molar-refractivity contribution is 6.31. The number of carbonyl (C=O) groups excluding carboxylic acids is 6. The van der Waals surface area contributed by atoms with Gasteiger partial charge in [0.2, 0.25) is 5.91 Å². The lowest BCUT2D eigenvalue weighted by atomic mass is 9.53. The van der Waals surface area contributed by atoms with Gasteiger partial charge in [0, 0.05) is 32.1 Å². The Morgan fingerprint density at radius 3 is 2.32 bits per heavy atom. The molecule has 3 aliphatic rings. The van der Waals surface area contributed by atoms with E-state index in [1.54, 1.807) is 19.0 Å². The molecule has 3 aliphatic carbocycles. The van der Waals surface area contributed by atoms with Crippen LogP contribution < -0.4 is 10.6 Å². The number of benzene rings is 1. The molecule has 0 saturated heterocycles. The van der Waals surface area contributed by atoms with Crippen LogP contribution in [0.15, 0.2) is 6.07 Å². The number of nitrogens with zero attached hydrogens (tertiary/aromatic N) is 1. The Hall–Kier alpha value is -3.60. The summed E-state index contributed by atoms with van der Waals surface area (Å²) in [6.45, 7) is 5.62. The fourth-order valence-electron chi connectivity index (χ4n) is 5.93. The Morgan fingerprint density at radius 2 is 1.76 bits per heavy atom. The van der Waals surface area contributed by atoms with Gasteiger partial charge in [0.05, 0.1) is 18.1 Å². The highest BCUT2D eigenvalue weighted by atomic mass is 16.5. The van der Waals surface area contributed by atoms with Crippen molar-refractivity contribution < 1.29 is 43.7 Å². The van der Waals surface area contributed by atoms with E-state index in [1.165, 1.54) is 6.07 Å². The average Bonchev–Trinajstić information content (AvgIpc) is 2.79. The Kier molecular flexibility index (Phi) is 6.50. The van der Waals surface area contributed by atoms with Crippen LogP contribution in [0.1, 0.15) is 59.9 Å². The maximum atomic E-state index is 13.8. The number of nitrogens with two attached hydrogens (primary N) is 1. The Balaban J connectivity index is 1.81. The average molecular weight is 529 g/mol. The molecular formula is C27H32N2O9. The van der Waals surface area contributed by atoms with E-state index in [2.05, 4.69) is 0 Å². The minimum atomic E-state index is -2.73. The number of primary amides is 1. The van der Waals surface area contributed by atoms with E-state index < -0.39 is 76.5 Å². The number of amides is 1. The predicted molar refractivity (Wildman–Crippen MR) is 133 cm³/mol. The molecule has 2 unspecified atom stereocenters. The summed E-state index contributed by atoms with van der Waals surface area (Å²) in [5.41, 5.74) is 2.49. The molecule has 0 aromatic heterocycles. The van der Waals surface area contributed by atoms with Crippen LogP contribution in [-0.4, -0.2) is 71.5 Å². The summed E-state index contributed by atoms with van der Waals surface area (Å²) in [4.78, 5) is 79.3. The third-order valence-corrected chi connectivity index (χ3v) is 7.72. The SMILES string of the molecule is CN(C)c1cc(C(=O)OCC(C)(C)C)c(O)c2c1C[C@H]1C[C@H]3CC(=O)C(C(N)=O)C(=O)[C@@]3(O)C(=O)C1C2=O. The fourth-order valence-corrected chi connectivity index (χ4v) is 5.93. The second-order valence-corrected chi connectivity index (χ2v) is 11.9. The van der Waals surface area contributed by atoms with Crippen molar-refractivity contribution in [3.63, 3.8) is 0 Å². The number of phenols is 1. The molecule has 0 heterocycles. The van der Waals surface area contributed by atoms with Gasteiger partial charge in [-0.1, -0.05) is 20.8 Å². The van der Waals surface area contributed by atoms with Crippen LogP contribution >= 0.6 is 0 Å². The van der Waals surface area contributed by atoms with E-state index in [0.29, 0.717) is 11.3 Å². The number of phenolic OH excluding ortho intramolecular Hbond substituents is 1. The molecular weight excluding hydrogens is 496 g/mol. The summed E-state index contributed by atoms with van der Waals surface area (Å²) in [5, 5.41) is 22.4. The molecule has 5 atom stereocenters. The first-order valence-corrected chi connectivity index (χ1v) is 12.4. The van der Waals surface area contributed by atoms with Crippen molar-refractivity contribution in [1.29, 1.82) is 0 Å². The Bertz CT molecular complexity index is 1290. The summed E-state index contributed by atoms with van der Waals surface area (Å²) >= 11 is 0. The maximum Gasteiger partial charge on any atom is 0.342 e. The Labute approximate surface area is 219 Å². The first-order valence-electron chi connectivity index (χ1n) is 12.4. The lowest BCUT2D eigenvalue weighted by molar-refractivity contribution is -0.175. The lowest BCUT2D eigenvalue weighted by Gasteiger charge is -2.48. The molecule has 1 aromatic rings. The summed E-state index contributed by atoms with van der Waals surface area (Å²) in [5.74, 6) is -12.1. The number of aliphatic hydroxyl groups is 1. The van der Waals surface area contributed by atoms with E-state index in [1.807, 2.05) is 20.8 Å². The van der Waals surface area contributed by atoms with E-state index in [4.69, 9.17) is 10.5 Å². The zero-order valence-electron chi connectivity index (χ0n) is 22.0. The molecule has 38 heavy (non-hydrogen) atoms. The van der Waals surface area contributed by atoms with Crippen molar-refractivity contribution in [3.8, 4) is 5.75 Å². The topological polar surface area (TPSA) is 181 Å². The number of ether oxygens (including phenoxy) is 1. The third-order valence-electron chi connectivity index (χ3n) is 7.72. The molecule has 0 radical (unpaired) electrons. The monoisotopic (exact) mass is 528 g/mol. The molecule has 0 bridgehead atoms. The van der Waals surface area contributed by atoms with Gasteiger partial charge >= 0.3 is 5.97 Å². The number of hydrogen-bond donors (Lipinski definition) is 3. The molecule has 0 spiro atoms. The van der Waals surface area contributed by atoms with Crippen molar-refractivity contribution in [2.45, 2.75) is 45.6 Å². The molecule has 11 nitrogen and oxygen atoms in total. The number of fused-ring (bicyclic) bond motifs is 3. The maximum absolute atomic E-state index is 13.8. The minimum Gasteiger partial charge on any atom is -0.506 e. The largest absolute Gasteiger partial charge is 0.506 e. The van der Waals surface area contributed by atoms with Crippen LogP contribution in [-0.2, 0) is 30.3 Å². The zero-order chi connectivity index (χ0) is 28.5. The molecule has 204 valence electrons. The molecule has 4 rings (SSSR count). The van der Waals surface area contributed by atoms with Crippen molar-refractivity contribution in [1.82, 2.24) is 0 Å². The first kappa shape index (κ1) is 27.4. The molecule has 1 aromatic carbocycles. The van der Waals surface area contributed by atoms with Gasteiger partial charge in [-0.05, 0) is 35.8 Å². The Morgan fingerprint density at radius 1 is 1.13 bits per heavy atom. The molecule has 2 saturated carbocycles. The molecule has 2 fully saturated rings. The van der Waals surface area contributed by atoms with Gasteiger partial charge in [-0.15, -0.1) is 0 Å². The van der Waals surface area contributed by atoms with Crippen molar-refractivity contribution in [2.75, 3.05) is 25.6 Å². The number of aromatic hydroxyl groups is 1. The summed E-state index contributed by atoms with van der Waals surface area (Å²) in [7, 11) is 3.39. The molecule has 1 amide bonds. The second-order valence-electron chi connectivity index (χ2n) is 11.9. The van der Waals surface area contributed by atoms with Gasteiger partial charge in [-0.3, -0.25) is 24.0 Å². The lowest BCUT2D eigenvalue weighted by Crippen LogP contribution is -2.68. The van der Waals surface area contributed by atoms with Crippen LogP contribution in [0, 0.1) is 29.1 Å². The standard InChI is InChI=1S/C27H32N2O9/c1-26(2,3)10-38-25(36)14-9-15(29(4)5)13-7-11-6-12-8-16(30)19(24(28)35)23(34)27(12,37)22(33)17(11)21(32)18(13)20(14)31/h9,11-12,17,19,31,37H,6-8,10H2,1-5H3,(H2,28,35)/t11-,12+,17?,19?,27+/m1/s1. The third kappa shape index (κ3) is 4.09. The van der Waals surface area contributed by atoms with Crippen LogP contribution in [0.5, 0.6) is 5.75 Å². The van der Waals surface area contributed by atoms with Crippen LogP contribution in [0.25, 0.3) is 0 Å². The van der Waals surface area contributed by atoms with Crippen molar-refractivity contribution in [3.05, 3.63) is 22.8 Å². The van der Waals surface area contributed by atoms with E-state index in [9.17, 15) is 39.0 Å². The van der Waals surface area contributed by atoms with E-state index in [0.717, 1.165) is 0 Å². The number of ketones is 4. The number of esters is 1. The van der Waals surface area contributed by atoms with Gasteiger partial charge in [0.1, 0.15) is 11.3 Å². The molecule has 0 aliphatic heterocycles.